The van der Waals surface area contributed by atoms with Gasteiger partial charge < -0.3 is 4.90 Å². The van der Waals surface area contributed by atoms with Crippen LogP contribution in [0.15, 0.2) is 48.8 Å². The molecule has 1 atom stereocenters. The Bertz CT molecular complexity index is 527. The molecule has 1 saturated heterocycles. The molecular formula is C19H27N3. The molecule has 0 amide bonds. The van der Waals surface area contributed by atoms with Gasteiger partial charge in [0, 0.05) is 25.5 Å². The molecule has 1 aromatic heterocycles. The van der Waals surface area contributed by atoms with E-state index in [1.165, 1.54) is 44.5 Å². The first-order chi connectivity index (χ1) is 10.8. The van der Waals surface area contributed by atoms with Crippen LogP contribution >= 0.6 is 0 Å². The summed E-state index contributed by atoms with van der Waals surface area (Å²) in [4.78, 5) is 2.64. The molecule has 0 unspecified atom stereocenters. The molecule has 2 heterocycles. The lowest BCUT2D eigenvalue weighted by atomic mass is 9.92. The number of benzene rings is 1. The Labute approximate surface area is 133 Å². The van der Waals surface area contributed by atoms with Gasteiger partial charge >= 0.3 is 0 Å². The van der Waals surface area contributed by atoms with Crippen LogP contribution in [0.3, 0.4) is 0 Å². The normalized spacial score (nSPS) is 18.4. The first-order valence-corrected chi connectivity index (χ1v) is 8.56. The van der Waals surface area contributed by atoms with E-state index in [4.69, 9.17) is 0 Å². The van der Waals surface area contributed by atoms with Crippen molar-refractivity contribution in [2.24, 2.45) is 5.92 Å². The van der Waals surface area contributed by atoms with Crippen molar-refractivity contribution in [3.05, 3.63) is 54.4 Å². The van der Waals surface area contributed by atoms with E-state index >= 15 is 0 Å². The number of piperidine rings is 1. The highest BCUT2D eigenvalue weighted by molar-refractivity contribution is 5.19. The second-order valence-electron chi connectivity index (χ2n) is 6.61. The van der Waals surface area contributed by atoms with E-state index in [9.17, 15) is 0 Å². The number of rotatable bonds is 6. The lowest BCUT2D eigenvalue weighted by Gasteiger charge is -2.33. The molecule has 0 spiro atoms. The van der Waals surface area contributed by atoms with Gasteiger partial charge in [-0.3, -0.25) is 4.68 Å². The van der Waals surface area contributed by atoms with Crippen molar-refractivity contribution in [1.29, 1.82) is 0 Å². The van der Waals surface area contributed by atoms with Gasteiger partial charge in [0.15, 0.2) is 0 Å². The molecule has 1 fully saturated rings. The number of hydrogen-bond donors (Lipinski definition) is 0. The van der Waals surface area contributed by atoms with E-state index < -0.39 is 0 Å². The molecule has 3 rings (SSSR count). The third-order valence-electron chi connectivity index (χ3n) is 4.93. The van der Waals surface area contributed by atoms with Gasteiger partial charge in [0.25, 0.3) is 0 Å². The summed E-state index contributed by atoms with van der Waals surface area (Å²) in [6.07, 6.45) is 7.87. The summed E-state index contributed by atoms with van der Waals surface area (Å²) in [6.45, 7) is 7.11. The summed E-state index contributed by atoms with van der Waals surface area (Å²) in [5.41, 5.74) is 1.46. The van der Waals surface area contributed by atoms with Crippen LogP contribution in [-0.2, 0) is 6.54 Å². The van der Waals surface area contributed by atoms with Gasteiger partial charge in [-0.05, 0) is 55.8 Å². The van der Waals surface area contributed by atoms with Crippen molar-refractivity contribution in [3.63, 3.8) is 0 Å². The van der Waals surface area contributed by atoms with E-state index in [1.54, 1.807) is 0 Å². The summed E-state index contributed by atoms with van der Waals surface area (Å²) in [5.74, 6) is 1.49. The largest absolute Gasteiger partial charge is 0.303 e. The highest BCUT2D eigenvalue weighted by Crippen LogP contribution is 2.24. The highest BCUT2D eigenvalue weighted by Gasteiger charge is 2.20. The number of aryl methyl sites for hydroxylation is 1. The summed E-state index contributed by atoms with van der Waals surface area (Å²) < 4.78 is 2.06. The first-order valence-electron chi connectivity index (χ1n) is 8.56. The number of aromatic nitrogens is 2. The van der Waals surface area contributed by atoms with Crippen LogP contribution in [-0.4, -0.2) is 34.3 Å². The van der Waals surface area contributed by atoms with Crippen molar-refractivity contribution in [1.82, 2.24) is 14.7 Å². The van der Waals surface area contributed by atoms with Gasteiger partial charge in [0.1, 0.15) is 0 Å². The molecule has 1 aromatic carbocycles. The zero-order valence-corrected chi connectivity index (χ0v) is 13.6. The molecule has 1 aliphatic rings. The van der Waals surface area contributed by atoms with Gasteiger partial charge in [-0.1, -0.05) is 37.3 Å². The standard InChI is InChI=1S/C19H27N3/c1-17(19-6-3-2-4-7-19)16-21-13-8-18(9-14-21)10-15-22-12-5-11-20-22/h2-7,11-12,17-18H,8-10,13-16H2,1H3/t17-/m0/s1. The van der Waals surface area contributed by atoms with Crippen LogP contribution in [0.4, 0.5) is 0 Å². The second-order valence-corrected chi connectivity index (χ2v) is 6.61. The van der Waals surface area contributed by atoms with Crippen LogP contribution < -0.4 is 0 Å². The summed E-state index contributed by atoms with van der Waals surface area (Å²) in [5, 5.41) is 4.29. The Hall–Kier alpha value is -1.61. The van der Waals surface area contributed by atoms with Crippen molar-refractivity contribution in [2.75, 3.05) is 19.6 Å². The molecule has 2 aromatic rings. The maximum atomic E-state index is 4.29. The Morgan fingerprint density at radius 3 is 2.59 bits per heavy atom. The lowest BCUT2D eigenvalue weighted by molar-refractivity contribution is 0.168. The SMILES string of the molecule is C[C@@H](CN1CCC(CCn2cccn2)CC1)c1ccccc1. The monoisotopic (exact) mass is 297 g/mol. The van der Waals surface area contributed by atoms with Gasteiger partial charge in [0.05, 0.1) is 0 Å². The first kappa shape index (κ1) is 15.3. The molecule has 118 valence electrons. The molecule has 3 nitrogen and oxygen atoms in total. The number of hydrogen-bond acceptors (Lipinski definition) is 2. The van der Waals surface area contributed by atoms with Crippen LogP contribution in [0.2, 0.25) is 0 Å². The van der Waals surface area contributed by atoms with Crippen molar-refractivity contribution in [3.8, 4) is 0 Å². The highest BCUT2D eigenvalue weighted by atomic mass is 15.3. The third kappa shape index (κ3) is 4.20. The zero-order chi connectivity index (χ0) is 15.2. The minimum atomic E-state index is 0.627. The molecular weight excluding hydrogens is 270 g/mol. The molecule has 22 heavy (non-hydrogen) atoms. The molecule has 0 saturated carbocycles. The predicted molar refractivity (Wildman–Crippen MR) is 90.9 cm³/mol. The predicted octanol–water partition coefficient (Wildman–Crippen LogP) is 3.79. The number of nitrogens with zero attached hydrogens (tertiary/aromatic N) is 3. The summed E-state index contributed by atoms with van der Waals surface area (Å²) >= 11 is 0. The fourth-order valence-electron chi connectivity index (χ4n) is 3.48. The van der Waals surface area contributed by atoms with Crippen molar-refractivity contribution in [2.45, 2.75) is 38.6 Å². The molecule has 0 aliphatic carbocycles. The van der Waals surface area contributed by atoms with E-state index in [1.807, 2.05) is 12.3 Å². The van der Waals surface area contributed by atoms with Gasteiger partial charge in [-0.2, -0.15) is 5.10 Å². The molecule has 3 heteroatoms. The van der Waals surface area contributed by atoms with Crippen LogP contribution in [0.1, 0.15) is 37.7 Å². The van der Waals surface area contributed by atoms with Crippen LogP contribution in [0, 0.1) is 5.92 Å². The van der Waals surface area contributed by atoms with Crippen molar-refractivity contribution < 1.29 is 0 Å². The Kier molecular flexibility index (Phi) is 5.28. The minimum Gasteiger partial charge on any atom is -0.303 e. The smallest absolute Gasteiger partial charge is 0.0489 e. The number of likely N-dealkylation sites (tertiary alicyclic amines) is 1. The van der Waals surface area contributed by atoms with Gasteiger partial charge in [0.2, 0.25) is 0 Å². The lowest BCUT2D eigenvalue weighted by Crippen LogP contribution is -2.36. The quantitative estimate of drug-likeness (QED) is 0.809. The molecule has 0 N–H and O–H groups in total. The average molecular weight is 297 g/mol. The average Bonchev–Trinajstić information content (AvgIpc) is 3.08. The Morgan fingerprint density at radius 1 is 1.14 bits per heavy atom. The topological polar surface area (TPSA) is 21.1 Å². The van der Waals surface area contributed by atoms with E-state index in [0.717, 1.165) is 12.5 Å². The maximum absolute atomic E-state index is 4.29. The van der Waals surface area contributed by atoms with Crippen LogP contribution in [0.5, 0.6) is 0 Å². The Morgan fingerprint density at radius 2 is 1.91 bits per heavy atom. The van der Waals surface area contributed by atoms with Crippen molar-refractivity contribution >= 4 is 0 Å². The third-order valence-corrected chi connectivity index (χ3v) is 4.93. The zero-order valence-electron chi connectivity index (χ0n) is 13.6. The van der Waals surface area contributed by atoms with E-state index in [0.29, 0.717) is 5.92 Å². The maximum Gasteiger partial charge on any atom is 0.0489 e. The Balaban J connectivity index is 1.40. The van der Waals surface area contributed by atoms with Gasteiger partial charge in [-0.25, -0.2) is 0 Å². The fraction of sp³-hybridized carbons (Fsp3) is 0.526. The molecule has 0 bridgehead atoms. The van der Waals surface area contributed by atoms with E-state index in [-0.39, 0.29) is 0 Å². The second kappa shape index (κ2) is 7.59. The minimum absolute atomic E-state index is 0.627. The molecule has 0 radical (unpaired) electrons. The van der Waals surface area contributed by atoms with Gasteiger partial charge in [-0.15, -0.1) is 0 Å². The van der Waals surface area contributed by atoms with E-state index in [2.05, 4.69) is 58.1 Å². The molecule has 1 aliphatic heterocycles. The summed E-state index contributed by atoms with van der Waals surface area (Å²) in [6, 6.07) is 12.9. The summed E-state index contributed by atoms with van der Waals surface area (Å²) in [7, 11) is 0. The fourth-order valence-corrected chi connectivity index (χ4v) is 3.48. The van der Waals surface area contributed by atoms with Crippen LogP contribution in [0.25, 0.3) is 0 Å².